The molecule has 1 saturated heterocycles. The van der Waals surface area contributed by atoms with Gasteiger partial charge in [-0.3, -0.25) is 9.78 Å². The molecule has 1 aromatic heterocycles. The number of carboxylic acid groups (broad SMARTS) is 1. The van der Waals surface area contributed by atoms with E-state index in [4.69, 9.17) is 5.11 Å². The molecule has 7 nitrogen and oxygen atoms in total. The molecule has 0 aromatic carbocycles. The predicted octanol–water partition coefficient (Wildman–Crippen LogP) is 0.432. The van der Waals surface area contributed by atoms with Crippen LogP contribution in [0.15, 0.2) is 18.5 Å². The lowest BCUT2D eigenvalue weighted by Crippen LogP contribution is -2.27. The molecule has 20 heavy (non-hydrogen) atoms. The molecule has 0 bridgehead atoms. The summed E-state index contributed by atoms with van der Waals surface area (Å²) in [5.74, 6) is -3.12. The molecule has 1 aliphatic rings. The minimum atomic E-state index is -4.67. The van der Waals surface area contributed by atoms with Gasteiger partial charge in [0.25, 0.3) is 0 Å². The predicted molar refractivity (Wildman–Crippen MR) is 66.6 cm³/mol. The summed E-state index contributed by atoms with van der Waals surface area (Å²) < 4.78 is 33.9. The van der Waals surface area contributed by atoms with Gasteiger partial charge in [-0.25, -0.2) is 4.79 Å². The summed E-state index contributed by atoms with van der Waals surface area (Å²) in [5.41, 5.74) is -0.0270. The van der Waals surface area contributed by atoms with Gasteiger partial charge in [-0.15, -0.1) is 3.89 Å². The second kappa shape index (κ2) is 5.16. The van der Waals surface area contributed by atoms with Gasteiger partial charge in [0.1, 0.15) is 0 Å². The molecule has 1 aromatic rings. The van der Waals surface area contributed by atoms with Crippen molar-refractivity contribution in [3.63, 3.8) is 0 Å². The molecule has 1 N–H and O–H groups in total. The maximum Gasteiger partial charge on any atom is 0.337 e. The van der Waals surface area contributed by atoms with Crippen LogP contribution in [0.2, 0.25) is 0 Å². The van der Waals surface area contributed by atoms with Crippen molar-refractivity contribution >= 4 is 27.8 Å². The van der Waals surface area contributed by atoms with Crippen LogP contribution in [-0.2, 0) is 15.0 Å². The fraction of sp³-hybridized carbons (Fsp3) is 0.364. The van der Waals surface area contributed by atoms with Crippen molar-refractivity contribution in [2.75, 3.05) is 17.2 Å². The Morgan fingerprint density at radius 3 is 2.85 bits per heavy atom. The first-order chi connectivity index (χ1) is 9.28. The number of pyridine rings is 1. The van der Waals surface area contributed by atoms with E-state index in [-0.39, 0.29) is 24.2 Å². The van der Waals surface area contributed by atoms with Gasteiger partial charge < -0.3 is 10.0 Å². The second-order valence-electron chi connectivity index (χ2n) is 4.48. The minimum Gasteiger partial charge on any atom is -0.478 e. The third kappa shape index (κ3) is 3.10. The number of anilines is 1. The molecule has 1 fully saturated rings. The Hall–Kier alpha value is -2.03. The van der Waals surface area contributed by atoms with Gasteiger partial charge in [0.05, 0.1) is 23.2 Å². The lowest BCUT2D eigenvalue weighted by atomic mass is 10.1. The van der Waals surface area contributed by atoms with Gasteiger partial charge in [0.2, 0.25) is 5.91 Å². The third-order valence-electron chi connectivity index (χ3n) is 2.96. The number of halogens is 1. The molecule has 2 heterocycles. The molecule has 1 atom stereocenters. The summed E-state index contributed by atoms with van der Waals surface area (Å²) in [6, 6.07) is 1.24. The quantitative estimate of drug-likeness (QED) is 0.809. The molecular formula is C11H11FN2O5S. The van der Waals surface area contributed by atoms with E-state index in [2.05, 4.69) is 4.98 Å². The normalized spacial score (nSPS) is 19.4. The molecular weight excluding hydrogens is 291 g/mol. The monoisotopic (exact) mass is 302 g/mol. The Morgan fingerprint density at radius 2 is 2.25 bits per heavy atom. The summed E-state index contributed by atoms with van der Waals surface area (Å²) in [4.78, 5) is 27.8. The summed E-state index contributed by atoms with van der Waals surface area (Å²) in [6.07, 6.45) is 2.35. The number of hydrogen-bond donors (Lipinski definition) is 1. The lowest BCUT2D eigenvalue weighted by Gasteiger charge is -2.18. The molecule has 1 aliphatic heterocycles. The summed E-state index contributed by atoms with van der Waals surface area (Å²) in [6.45, 7) is -0.0477. The first kappa shape index (κ1) is 14.4. The van der Waals surface area contributed by atoms with Gasteiger partial charge in [-0.05, 0) is 6.07 Å². The summed E-state index contributed by atoms with van der Waals surface area (Å²) in [5, 5.41) is 9.04. The van der Waals surface area contributed by atoms with Crippen LogP contribution in [-0.4, -0.2) is 42.7 Å². The number of aromatic carboxylic acids is 1. The Kier molecular flexibility index (Phi) is 3.71. The molecule has 9 heteroatoms. The van der Waals surface area contributed by atoms with E-state index in [1.807, 2.05) is 0 Å². The van der Waals surface area contributed by atoms with Crippen molar-refractivity contribution in [3.05, 3.63) is 24.0 Å². The number of carbonyl (C=O) groups excluding carboxylic acids is 1. The van der Waals surface area contributed by atoms with Crippen molar-refractivity contribution in [1.82, 2.24) is 4.98 Å². The third-order valence-corrected chi connectivity index (χ3v) is 3.83. The van der Waals surface area contributed by atoms with Crippen LogP contribution in [0, 0.1) is 5.92 Å². The maximum atomic E-state index is 12.6. The Morgan fingerprint density at radius 1 is 1.55 bits per heavy atom. The average molecular weight is 302 g/mol. The van der Waals surface area contributed by atoms with E-state index < -0.39 is 33.8 Å². The van der Waals surface area contributed by atoms with Gasteiger partial charge in [0, 0.05) is 25.1 Å². The number of rotatable bonds is 4. The zero-order valence-electron chi connectivity index (χ0n) is 10.2. The Balaban J connectivity index is 2.27. The summed E-state index contributed by atoms with van der Waals surface area (Å²) >= 11 is 0. The minimum absolute atomic E-state index is 0.0477. The van der Waals surface area contributed by atoms with Crippen molar-refractivity contribution in [3.8, 4) is 0 Å². The number of aromatic nitrogens is 1. The molecule has 0 saturated carbocycles. The maximum absolute atomic E-state index is 12.6. The Bertz CT molecular complexity index is 661. The largest absolute Gasteiger partial charge is 0.478 e. The second-order valence-corrected chi connectivity index (χ2v) is 5.89. The standard InChI is InChI=1S/C11H11FN2O5S/c12-20(18,19)6-7-3-10(15)14(5-7)9-4-13-2-1-8(9)11(16)17/h1-2,4,7H,3,5-6H2,(H,16,17). The highest BCUT2D eigenvalue weighted by molar-refractivity contribution is 7.86. The van der Waals surface area contributed by atoms with Gasteiger partial charge in [-0.1, -0.05) is 0 Å². The number of carboxylic acids is 1. The van der Waals surface area contributed by atoms with Crippen LogP contribution in [0.25, 0.3) is 0 Å². The van der Waals surface area contributed by atoms with Crippen LogP contribution >= 0.6 is 0 Å². The van der Waals surface area contributed by atoms with Gasteiger partial charge in [-0.2, -0.15) is 8.42 Å². The molecule has 1 amide bonds. The SMILES string of the molecule is O=C(O)c1ccncc1N1CC(CS(=O)(=O)F)CC1=O. The van der Waals surface area contributed by atoms with Crippen LogP contribution in [0.5, 0.6) is 0 Å². The molecule has 0 radical (unpaired) electrons. The number of nitrogens with zero attached hydrogens (tertiary/aromatic N) is 2. The molecule has 2 rings (SSSR count). The van der Waals surface area contributed by atoms with Crippen LogP contribution in [0.3, 0.4) is 0 Å². The van der Waals surface area contributed by atoms with Gasteiger partial charge >= 0.3 is 16.2 Å². The van der Waals surface area contributed by atoms with Crippen LogP contribution in [0.4, 0.5) is 9.57 Å². The smallest absolute Gasteiger partial charge is 0.337 e. The first-order valence-electron chi connectivity index (χ1n) is 5.68. The van der Waals surface area contributed by atoms with E-state index in [9.17, 15) is 21.9 Å². The average Bonchev–Trinajstić information content (AvgIpc) is 2.67. The van der Waals surface area contributed by atoms with E-state index in [0.717, 1.165) is 4.90 Å². The van der Waals surface area contributed by atoms with Crippen LogP contribution < -0.4 is 4.90 Å². The van der Waals surface area contributed by atoms with E-state index in [1.54, 1.807) is 0 Å². The highest BCUT2D eigenvalue weighted by atomic mass is 32.3. The zero-order chi connectivity index (χ0) is 14.9. The Labute approximate surface area is 114 Å². The van der Waals surface area contributed by atoms with E-state index in [1.165, 1.54) is 18.5 Å². The molecule has 0 spiro atoms. The highest BCUT2D eigenvalue weighted by Crippen LogP contribution is 2.28. The highest BCUT2D eigenvalue weighted by Gasteiger charge is 2.35. The first-order valence-corrected chi connectivity index (χ1v) is 7.23. The molecule has 0 aliphatic carbocycles. The number of hydrogen-bond acceptors (Lipinski definition) is 5. The number of amides is 1. The summed E-state index contributed by atoms with van der Waals surface area (Å²) in [7, 11) is -4.67. The van der Waals surface area contributed by atoms with Crippen molar-refractivity contribution in [2.45, 2.75) is 6.42 Å². The molecule has 1 unspecified atom stereocenters. The van der Waals surface area contributed by atoms with E-state index in [0.29, 0.717) is 0 Å². The lowest BCUT2D eigenvalue weighted by molar-refractivity contribution is -0.117. The van der Waals surface area contributed by atoms with Crippen LogP contribution in [0.1, 0.15) is 16.8 Å². The van der Waals surface area contributed by atoms with Crippen molar-refractivity contribution in [2.24, 2.45) is 5.92 Å². The zero-order valence-corrected chi connectivity index (χ0v) is 11.0. The fourth-order valence-corrected chi connectivity index (χ4v) is 2.98. The van der Waals surface area contributed by atoms with Gasteiger partial charge in [0.15, 0.2) is 0 Å². The van der Waals surface area contributed by atoms with E-state index >= 15 is 0 Å². The topological polar surface area (TPSA) is 105 Å². The molecule has 108 valence electrons. The number of carbonyl (C=O) groups is 2. The van der Waals surface area contributed by atoms with Crippen molar-refractivity contribution < 1.29 is 27.0 Å². The van der Waals surface area contributed by atoms with Crippen molar-refractivity contribution in [1.29, 1.82) is 0 Å². The fourth-order valence-electron chi connectivity index (χ4n) is 2.19.